The Kier molecular flexibility index (Phi) is 6.30. The molecule has 32 heavy (non-hydrogen) atoms. The van der Waals surface area contributed by atoms with Gasteiger partial charge in [0, 0.05) is 43.9 Å². The van der Waals surface area contributed by atoms with E-state index in [1.807, 2.05) is 23.4 Å². The fraction of sp³-hybridized carbons (Fsp3) is 0.478. The van der Waals surface area contributed by atoms with Gasteiger partial charge in [-0.25, -0.2) is 0 Å². The molecule has 0 atom stereocenters. The number of piperazine rings is 1. The molecular formula is C23H27N5O4. The molecule has 1 saturated heterocycles. The highest BCUT2D eigenvalue weighted by atomic mass is 16.7. The van der Waals surface area contributed by atoms with Gasteiger partial charge < -0.3 is 19.3 Å². The van der Waals surface area contributed by atoms with Crippen molar-refractivity contribution in [3.05, 3.63) is 40.7 Å². The summed E-state index contributed by atoms with van der Waals surface area (Å²) >= 11 is 0. The second-order valence-electron chi connectivity index (χ2n) is 8.02. The normalized spacial score (nSPS) is 15.0. The van der Waals surface area contributed by atoms with Crippen LogP contribution in [0.2, 0.25) is 0 Å². The molecule has 0 spiro atoms. The van der Waals surface area contributed by atoms with Gasteiger partial charge in [-0.1, -0.05) is 0 Å². The molecule has 2 aliphatic rings. The lowest BCUT2D eigenvalue weighted by molar-refractivity contribution is -0.132. The van der Waals surface area contributed by atoms with Gasteiger partial charge in [0.1, 0.15) is 0 Å². The van der Waals surface area contributed by atoms with E-state index in [2.05, 4.69) is 11.2 Å². The summed E-state index contributed by atoms with van der Waals surface area (Å²) in [5.41, 5.74) is 3.57. The van der Waals surface area contributed by atoms with Gasteiger partial charge in [0.25, 0.3) is 5.91 Å². The molecule has 1 aromatic heterocycles. The summed E-state index contributed by atoms with van der Waals surface area (Å²) in [6.07, 6.45) is 1.44. The van der Waals surface area contributed by atoms with Crippen LogP contribution in [0.1, 0.15) is 40.2 Å². The zero-order valence-corrected chi connectivity index (χ0v) is 18.5. The molecule has 0 radical (unpaired) electrons. The van der Waals surface area contributed by atoms with E-state index < -0.39 is 0 Å². The number of carbonyl (C=O) groups excluding carboxylic acids is 2. The maximum absolute atomic E-state index is 12.8. The first-order valence-corrected chi connectivity index (χ1v) is 10.8. The summed E-state index contributed by atoms with van der Waals surface area (Å²) in [6.45, 7) is 6.72. The van der Waals surface area contributed by atoms with Crippen molar-refractivity contribution in [3.63, 3.8) is 0 Å². The van der Waals surface area contributed by atoms with Gasteiger partial charge >= 0.3 is 0 Å². The Bertz CT molecular complexity index is 1060. The van der Waals surface area contributed by atoms with Gasteiger partial charge in [-0.2, -0.15) is 10.4 Å². The highest BCUT2D eigenvalue weighted by molar-refractivity contribution is 5.95. The Balaban J connectivity index is 1.29. The fourth-order valence-electron chi connectivity index (χ4n) is 4.23. The van der Waals surface area contributed by atoms with Crippen molar-refractivity contribution in [3.8, 4) is 17.6 Å². The highest BCUT2D eigenvalue weighted by Crippen LogP contribution is 2.32. The molecule has 4 rings (SSSR count). The number of nitriles is 1. The van der Waals surface area contributed by atoms with Crippen LogP contribution in [0.3, 0.4) is 0 Å². The van der Waals surface area contributed by atoms with Gasteiger partial charge in [-0.3, -0.25) is 14.3 Å². The molecule has 9 nitrogen and oxygen atoms in total. The Labute approximate surface area is 187 Å². The lowest BCUT2D eigenvalue weighted by Gasteiger charge is -2.35. The number of ether oxygens (including phenoxy) is 2. The number of benzene rings is 1. The molecule has 1 aromatic carbocycles. The minimum Gasteiger partial charge on any atom is -0.454 e. The topological polar surface area (TPSA) is 101 Å². The monoisotopic (exact) mass is 437 g/mol. The van der Waals surface area contributed by atoms with Crippen molar-refractivity contribution in [2.75, 3.05) is 33.0 Å². The zero-order chi connectivity index (χ0) is 22.7. The Morgan fingerprint density at radius 2 is 1.81 bits per heavy atom. The number of amides is 2. The van der Waals surface area contributed by atoms with Crippen LogP contribution in [0.25, 0.3) is 0 Å². The lowest BCUT2D eigenvalue weighted by Crippen LogP contribution is -2.50. The molecule has 2 aliphatic heterocycles. The lowest BCUT2D eigenvalue weighted by atomic mass is 10.1. The first-order chi connectivity index (χ1) is 15.5. The molecule has 168 valence electrons. The molecule has 0 N–H and O–H groups in total. The first kappa shape index (κ1) is 21.7. The maximum Gasteiger partial charge on any atom is 0.254 e. The summed E-state index contributed by atoms with van der Waals surface area (Å²) < 4.78 is 12.5. The van der Waals surface area contributed by atoms with Crippen molar-refractivity contribution in [1.82, 2.24) is 19.6 Å². The number of hydrogen-bond donors (Lipinski definition) is 0. The molecule has 2 aromatic rings. The van der Waals surface area contributed by atoms with Crippen LogP contribution in [0, 0.1) is 25.2 Å². The molecular weight excluding hydrogens is 410 g/mol. The fourth-order valence-corrected chi connectivity index (χ4v) is 4.23. The second kappa shape index (κ2) is 9.30. The zero-order valence-electron chi connectivity index (χ0n) is 18.5. The molecule has 1 fully saturated rings. The van der Waals surface area contributed by atoms with Gasteiger partial charge in [-0.05, 0) is 44.0 Å². The van der Waals surface area contributed by atoms with E-state index in [9.17, 15) is 9.59 Å². The van der Waals surface area contributed by atoms with Crippen LogP contribution in [-0.2, 0) is 17.8 Å². The molecule has 9 heteroatoms. The van der Waals surface area contributed by atoms with Crippen LogP contribution in [-0.4, -0.2) is 64.4 Å². The van der Waals surface area contributed by atoms with Crippen LogP contribution in [0.5, 0.6) is 11.5 Å². The third-order valence-electron chi connectivity index (χ3n) is 6.09. The number of rotatable bonds is 6. The van der Waals surface area contributed by atoms with Crippen molar-refractivity contribution >= 4 is 11.8 Å². The molecule has 0 saturated carbocycles. The summed E-state index contributed by atoms with van der Waals surface area (Å²) in [7, 11) is 0. The van der Waals surface area contributed by atoms with Gasteiger partial charge in [0.15, 0.2) is 11.5 Å². The minimum atomic E-state index is -0.0635. The Hall–Kier alpha value is -3.54. The van der Waals surface area contributed by atoms with Crippen LogP contribution in [0.15, 0.2) is 18.2 Å². The van der Waals surface area contributed by atoms with E-state index in [1.165, 1.54) is 0 Å². The summed E-state index contributed by atoms with van der Waals surface area (Å²) in [5, 5.41) is 13.3. The average molecular weight is 438 g/mol. The predicted molar refractivity (Wildman–Crippen MR) is 115 cm³/mol. The number of hydrogen-bond acceptors (Lipinski definition) is 6. The van der Waals surface area contributed by atoms with Crippen LogP contribution >= 0.6 is 0 Å². The average Bonchev–Trinajstić information content (AvgIpc) is 3.39. The maximum atomic E-state index is 12.8. The first-order valence-electron chi connectivity index (χ1n) is 10.8. The van der Waals surface area contributed by atoms with E-state index in [0.717, 1.165) is 17.0 Å². The minimum absolute atomic E-state index is 0.0635. The summed E-state index contributed by atoms with van der Waals surface area (Å²) in [6, 6.07) is 7.35. The summed E-state index contributed by atoms with van der Waals surface area (Å²) in [4.78, 5) is 29.2. The van der Waals surface area contributed by atoms with Crippen LogP contribution in [0.4, 0.5) is 0 Å². The van der Waals surface area contributed by atoms with Gasteiger partial charge in [0.05, 0.1) is 24.7 Å². The van der Waals surface area contributed by atoms with E-state index in [0.29, 0.717) is 69.0 Å². The predicted octanol–water partition coefficient (Wildman–Crippen LogP) is 2.06. The SMILES string of the molecule is Cc1nn(CCC#N)c(C)c1CCC(=O)N1CCN(C(=O)c2ccc3c(c2)OCO3)CC1. The smallest absolute Gasteiger partial charge is 0.254 e. The number of nitrogens with zero attached hydrogens (tertiary/aromatic N) is 5. The van der Waals surface area contributed by atoms with Crippen molar-refractivity contribution in [2.45, 2.75) is 39.7 Å². The largest absolute Gasteiger partial charge is 0.454 e. The third-order valence-corrected chi connectivity index (χ3v) is 6.09. The quantitative estimate of drug-likeness (QED) is 0.686. The van der Waals surface area contributed by atoms with Gasteiger partial charge in [0.2, 0.25) is 12.7 Å². The second-order valence-corrected chi connectivity index (χ2v) is 8.02. The van der Waals surface area contributed by atoms with E-state index in [4.69, 9.17) is 14.7 Å². The number of carbonyl (C=O) groups is 2. The highest BCUT2D eigenvalue weighted by Gasteiger charge is 2.26. The van der Waals surface area contributed by atoms with Crippen LogP contribution < -0.4 is 9.47 Å². The van der Waals surface area contributed by atoms with E-state index >= 15 is 0 Å². The number of aryl methyl sites for hydroxylation is 2. The summed E-state index contributed by atoms with van der Waals surface area (Å²) in [5.74, 6) is 1.26. The molecule has 2 amide bonds. The van der Waals surface area contributed by atoms with E-state index in [1.54, 1.807) is 23.1 Å². The standard InChI is InChI=1S/C23H27N5O4/c1-16-19(17(2)28(25-16)9-3-8-24)5-7-22(29)26-10-12-27(13-11-26)23(30)18-4-6-20-21(14-18)32-15-31-20/h4,6,14H,3,5,7,9-13,15H2,1-2H3. The third kappa shape index (κ3) is 4.40. The molecule has 0 unspecified atom stereocenters. The van der Waals surface area contributed by atoms with Crippen molar-refractivity contribution in [2.24, 2.45) is 0 Å². The van der Waals surface area contributed by atoms with Crippen molar-refractivity contribution < 1.29 is 19.1 Å². The molecule has 0 aliphatic carbocycles. The molecule has 3 heterocycles. The van der Waals surface area contributed by atoms with Gasteiger partial charge in [-0.15, -0.1) is 0 Å². The van der Waals surface area contributed by atoms with E-state index in [-0.39, 0.29) is 18.6 Å². The molecule has 0 bridgehead atoms. The number of aromatic nitrogens is 2. The number of fused-ring (bicyclic) bond motifs is 1. The Morgan fingerprint density at radius 3 is 2.56 bits per heavy atom. The Morgan fingerprint density at radius 1 is 1.09 bits per heavy atom. The van der Waals surface area contributed by atoms with Crippen molar-refractivity contribution in [1.29, 1.82) is 5.26 Å².